The second-order valence-electron chi connectivity index (χ2n) is 5.73. The molecule has 1 fully saturated rings. The van der Waals surface area contributed by atoms with Crippen LogP contribution in [0.5, 0.6) is 5.75 Å². The molecular weight excluding hydrogens is 314 g/mol. The summed E-state index contributed by atoms with van der Waals surface area (Å²) in [5, 5.41) is 3.07. The van der Waals surface area contributed by atoms with Crippen molar-refractivity contribution < 1.29 is 23.8 Å². The van der Waals surface area contributed by atoms with Gasteiger partial charge in [-0.15, -0.1) is 0 Å². The van der Waals surface area contributed by atoms with Crippen molar-refractivity contribution in [3.63, 3.8) is 0 Å². The molecule has 24 heavy (non-hydrogen) atoms. The molecule has 2 atom stereocenters. The van der Waals surface area contributed by atoms with E-state index in [0.717, 1.165) is 12.1 Å². The maximum Gasteiger partial charge on any atom is 0.421 e. The minimum atomic E-state index is -1.61. The number of anilines is 1. The Labute approximate surface area is 138 Å². The number of benzene rings is 1. The molecule has 3 aliphatic heterocycles. The third kappa shape index (κ3) is 2.02. The first-order valence-electron chi connectivity index (χ1n) is 7.93. The van der Waals surface area contributed by atoms with Crippen LogP contribution in [0, 0.1) is 0 Å². The van der Waals surface area contributed by atoms with E-state index in [1.807, 2.05) is 30.0 Å². The number of carbonyl (C=O) groups is 2. The summed E-state index contributed by atoms with van der Waals surface area (Å²) >= 11 is 0. The molecule has 8 nitrogen and oxygen atoms in total. The number of fused-ring (bicyclic) bond motifs is 2. The van der Waals surface area contributed by atoms with Crippen LogP contribution < -0.4 is 15.0 Å². The monoisotopic (exact) mass is 331 g/mol. The summed E-state index contributed by atoms with van der Waals surface area (Å²) in [6.45, 7) is 3.76. The molecule has 1 N–H and O–H groups in total. The second kappa shape index (κ2) is 5.40. The predicted octanol–water partition coefficient (Wildman–Crippen LogP) is 0.419. The van der Waals surface area contributed by atoms with E-state index in [1.54, 1.807) is 6.07 Å². The van der Waals surface area contributed by atoms with E-state index in [1.165, 1.54) is 0 Å². The third-order valence-corrected chi connectivity index (χ3v) is 4.14. The topological polar surface area (TPSA) is 89.5 Å². The summed E-state index contributed by atoms with van der Waals surface area (Å²) < 4.78 is 16.9. The highest BCUT2D eigenvalue weighted by atomic mass is 16.8. The van der Waals surface area contributed by atoms with Crippen LogP contribution in [-0.4, -0.2) is 49.4 Å². The van der Waals surface area contributed by atoms with E-state index < -0.39 is 24.0 Å². The highest BCUT2D eigenvalue weighted by Crippen LogP contribution is 2.43. The van der Waals surface area contributed by atoms with E-state index in [4.69, 9.17) is 14.2 Å². The zero-order valence-electron chi connectivity index (χ0n) is 13.2. The fourth-order valence-corrected chi connectivity index (χ4v) is 3.19. The van der Waals surface area contributed by atoms with Crippen molar-refractivity contribution in [2.75, 3.05) is 24.5 Å². The van der Waals surface area contributed by atoms with Gasteiger partial charge in [0.25, 0.3) is 6.23 Å². The predicted molar refractivity (Wildman–Crippen MR) is 83.7 cm³/mol. The maximum absolute atomic E-state index is 11.9. The van der Waals surface area contributed by atoms with Crippen molar-refractivity contribution in [3.05, 3.63) is 24.3 Å². The Hall–Kier alpha value is -2.77. The molecule has 1 saturated heterocycles. The molecule has 1 aromatic carbocycles. The number of esters is 2. The summed E-state index contributed by atoms with van der Waals surface area (Å²) in [4.78, 5) is 30.0. The van der Waals surface area contributed by atoms with Gasteiger partial charge < -0.3 is 24.4 Å². The first-order chi connectivity index (χ1) is 11.7. The normalized spacial score (nSPS) is 28.0. The van der Waals surface area contributed by atoms with Gasteiger partial charge in [0.05, 0.1) is 12.2 Å². The van der Waals surface area contributed by atoms with Gasteiger partial charge in [0, 0.05) is 13.1 Å². The van der Waals surface area contributed by atoms with E-state index in [-0.39, 0.29) is 0 Å². The van der Waals surface area contributed by atoms with Gasteiger partial charge in [-0.25, -0.2) is 9.59 Å². The molecule has 0 amide bonds. The smallest absolute Gasteiger partial charge is 0.421 e. The van der Waals surface area contributed by atoms with Gasteiger partial charge in [0.15, 0.2) is 5.84 Å². The first-order valence-corrected chi connectivity index (χ1v) is 7.93. The minimum Gasteiger partial charge on any atom is -0.439 e. The van der Waals surface area contributed by atoms with Crippen LogP contribution in [0.2, 0.25) is 0 Å². The molecule has 126 valence electrons. The molecule has 0 saturated carbocycles. The van der Waals surface area contributed by atoms with Crippen LogP contribution >= 0.6 is 0 Å². The van der Waals surface area contributed by atoms with Crippen LogP contribution in [0.4, 0.5) is 5.69 Å². The van der Waals surface area contributed by atoms with Crippen molar-refractivity contribution >= 4 is 23.5 Å². The number of carbonyl (C=O) groups excluding carboxylic acids is 2. The van der Waals surface area contributed by atoms with Crippen molar-refractivity contribution in [2.24, 2.45) is 4.99 Å². The quantitative estimate of drug-likeness (QED) is 0.634. The lowest BCUT2D eigenvalue weighted by atomic mass is 10.1. The molecule has 8 heteroatoms. The van der Waals surface area contributed by atoms with Crippen molar-refractivity contribution in [2.45, 2.75) is 25.4 Å². The Bertz CT molecular complexity index is 734. The van der Waals surface area contributed by atoms with Crippen LogP contribution in [0.3, 0.4) is 0 Å². The van der Waals surface area contributed by atoms with E-state index in [0.29, 0.717) is 31.2 Å². The van der Waals surface area contributed by atoms with Gasteiger partial charge in [0.1, 0.15) is 5.75 Å². The lowest BCUT2D eigenvalue weighted by molar-refractivity contribution is -0.240. The zero-order valence-corrected chi connectivity index (χ0v) is 13.2. The molecule has 0 radical (unpaired) electrons. The zero-order chi connectivity index (χ0) is 16.7. The maximum atomic E-state index is 11.9. The van der Waals surface area contributed by atoms with E-state index in [9.17, 15) is 9.59 Å². The van der Waals surface area contributed by atoms with E-state index in [2.05, 4.69) is 10.3 Å². The van der Waals surface area contributed by atoms with Gasteiger partial charge in [0.2, 0.25) is 0 Å². The van der Waals surface area contributed by atoms with Crippen LogP contribution in [0.25, 0.3) is 0 Å². The van der Waals surface area contributed by atoms with Gasteiger partial charge >= 0.3 is 17.7 Å². The number of amidine groups is 1. The molecule has 3 aliphatic rings. The first kappa shape index (κ1) is 14.8. The average molecular weight is 331 g/mol. The summed E-state index contributed by atoms with van der Waals surface area (Å²) in [6, 6.07) is 7.37. The number of nitrogens with zero attached hydrogens (tertiary/aromatic N) is 2. The lowest BCUT2D eigenvalue weighted by Crippen LogP contribution is -2.72. The van der Waals surface area contributed by atoms with Gasteiger partial charge in [-0.3, -0.25) is 4.99 Å². The standard InChI is InChI=1S/C16H17N3O5/c1-2-9-19-10-5-3-4-6-11(10)23-16(14-17-7-8-18-14)15(19)22-12(20)13(21)24-16/h3-6,15H,2,7-9H2,1H3,(H,17,18). The molecule has 2 unspecified atom stereocenters. The molecular formula is C16H17N3O5. The van der Waals surface area contributed by atoms with Gasteiger partial charge in [-0.1, -0.05) is 19.1 Å². The Morgan fingerprint density at radius 1 is 1.29 bits per heavy atom. The number of rotatable bonds is 3. The third-order valence-electron chi connectivity index (χ3n) is 4.14. The number of aliphatic imine (C=N–C) groups is 1. The molecule has 0 spiro atoms. The summed E-state index contributed by atoms with van der Waals surface area (Å²) in [5.41, 5.74) is 0.782. The van der Waals surface area contributed by atoms with Crippen LogP contribution in [0.15, 0.2) is 29.3 Å². The Balaban J connectivity index is 1.87. The Kier molecular flexibility index (Phi) is 3.33. The summed E-state index contributed by atoms with van der Waals surface area (Å²) in [5.74, 6) is -2.81. The second-order valence-corrected chi connectivity index (χ2v) is 5.73. The largest absolute Gasteiger partial charge is 0.439 e. The number of hydrogen-bond donors (Lipinski definition) is 1. The van der Waals surface area contributed by atoms with Crippen LogP contribution in [0.1, 0.15) is 13.3 Å². The van der Waals surface area contributed by atoms with Gasteiger partial charge in [-0.05, 0) is 18.6 Å². The SMILES string of the molecule is CCCN1c2ccccc2OC2(C3=NCCN3)OC(=O)C(=O)OC12. The summed E-state index contributed by atoms with van der Waals surface area (Å²) in [6.07, 6.45) is -0.117. The molecule has 3 heterocycles. The lowest BCUT2D eigenvalue weighted by Gasteiger charge is -2.49. The fraction of sp³-hybridized carbons (Fsp3) is 0.438. The van der Waals surface area contributed by atoms with Crippen LogP contribution in [-0.2, 0) is 19.1 Å². The van der Waals surface area contributed by atoms with Crippen molar-refractivity contribution in [1.29, 1.82) is 0 Å². The molecule has 4 rings (SSSR count). The fourth-order valence-electron chi connectivity index (χ4n) is 3.19. The highest BCUT2D eigenvalue weighted by Gasteiger charge is 2.63. The number of ether oxygens (including phenoxy) is 3. The van der Waals surface area contributed by atoms with Crippen molar-refractivity contribution in [3.8, 4) is 5.75 Å². The highest BCUT2D eigenvalue weighted by molar-refractivity contribution is 6.31. The number of nitrogens with one attached hydrogen (secondary N) is 1. The number of para-hydroxylation sites is 2. The average Bonchev–Trinajstić information content (AvgIpc) is 3.12. The number of hydrogen-bond acceptors (Lipinski definition) is 8. The Morgan fingerprint density at radius 3 is 2.88 bits per heavy atom. The van der Waals surface area contributed by atoms with E-state index >= 15 is 0 Å². The molecule has 0 bridgehead atoms. The molecule has 1 aromatic rings. The minimum absolute atomic E-state index is 0.365. The molecule has 0 aromatic heterocycles. The van der Waals surface area contributed by atoms with Gasteiger partial charge in [-0.2, -0.15) is 0 Å². The molecule has 0 aliphatic carbocycles. The Morgan fingerprint density at radius 2 is 2.12 bits per heavy atom. The summed E-state index contributed by atoms with van der Waals surface area (Å²) in [7, 11) is 0. The van der Waals surface area contributed by atoms with Crippen molar-refractivity contribution in [1.82, 2.24) is 5.32 Å².